The zero-order valence-corrected chi connectivity index (χ0v) is 19.7. The van der Waals surface area contributed by atoms with Crippen LogP contribution in [-0.4, -0.2) is 28.1 Å². The van der Waals surface area contributed by atoms with E-state index in [2.05, 4.69) is 15.5 Å². The third-order valence-corrected chi connectivity index (χ3v) is 6.52. The van der Waals surface area contributed by atoms with E-state index >= 15 is 0 Å². The Kier molecular flexibility index (Phi) is 8.66. The Labute approximate surface area is 200 Å². The van der Waals surface area contributed by atoms with Crippen LogP contribution in [0.25, 0.3) is 11.1 Å². The summed E-state index contributed by atoms with van der Waals surface area (Å²) in [4.78, 5) is 11.4. The number of hydrogen-bond donors (Lipinski definition) is 1. The molecule has 3 aromatic carbocycles. The first-order valence-electron chi connectivity index (χ1n) is 10.8. The first-order valence-corrected chi connectivity index (χ1v) is 12.3. The predicted molar refractivity (Wildman–Crippen MR) is 130 cm³/mol. The van der Waals surface area contributed by atoms with Gasteiger partial charge >= 0.3 is 5.97 Å². The number of carbonyl (C=O) groups excluding carboxylic acids is 1. The Morgan fingerprint density at radius 2 is 1.65 bits per heavy atom. The highest BCUT2D eigenvalue weighted by atomic mass is 32.2. The fraction of sp³-hybridized carbons (Fsp3) is 0.231. The van der Waals surface area contributed by atoms with E-state index < -0.39 is 10.0 Å². The van der Waals surface area contributed by atoms with Gasteiger partial charge in [0.15, 0.2) is 0 Å². The Morgan fingerprint density at radius 1 is 0.941 bits per heavy atom. The van der Waals surface area contributed by atoms with Crippen molar-refractivity contribution in [1.29, 1.82) is 5.26 Å². The SMILES string of the molecule is COC(=O)CCCCCOc1ccc(-c2ccc(C#N)cc2)cc1NS(=O)(=O)c1ccccc1. The van der Waals surface area contributed by atoms with E-state index in [9.17, 15) is 13.2 Å². The Hall–Kier alpha value is -3.83. The Morgan fingerprint density at radius 3 is 2.32 bits per heavy atom. The van der Waals surface area contributed by atoms with Crippen molar-refractivity contribution < 1.29 is 22.7 Å². The number of rotatable bonds is 11. The van der Waals surface area contributed by atoms with Crippen molar-refractivity contribution in [3.63, 3.8) is 0 Å². The third kappa shape index (κ3) is 6.83. The monoisotopic (exact) mass is 478 g/mol. The molecule has 0 amide bonds. The number of ether oxygens (including phenoxy) is 2. The molecular formula is C26H26N2O5S. The molecule has 0 unspecified atom stereocenters. The van der Waals surface area contributed by atoms with Crippen LogP contribution in [0.2, 0.25) is 0 Å². The van der Waals surface area contributed by atoms with Crippen LogP contribution in [0, 0.1) is 11.3 Å². The van der Waals surface area contributed by atoms with Crippen LogP contribution >= 0.6 is 0 Å². The van der Waals surface area contributed by atoms with Crippen LogP contribution in [0.1, 0.15) is 31.2 Å². The molecule has 176 valence electrons. The van der Waals surface area contributed by atoms with Crippen molar-refractivity contribution in [2.45, 2.75) is 30.6 Å². The molecule has 7 nitrogen and oxygen atoms in total. The minimum atomic E-state index is -3.82. The van der Waals surface area contributed by atoms with Gasteiger partial charge in [-0.3, -0.25) is 9.52 Å². The van der Waals surface area contributed by atoms with Crippen molar-refractivity contribution in [3.05, 3.63) is 78.4 Å². The molecule has 0 aliphatic carbocycles. The van der Waals surface area contributed by atoms with Gasteiger partial charge in [0.1, 0.15) is 5.75 Å². The largest absolute Gasteiger partial charge is 0.491 e. The minimum Gasteiger partial charge on any atom is -0.491 e. The molecule has 8 heteroatoms. The highest BCUT2D eigenvalue weighted by molar-refractivity contribution is 7.92. The number of sulfonamides is 1. The second-order valence-corrected chi connectivity index (χ2v) is 9.24. The number of unbranched alkanes of at least 4 members (excludes halogenated alkanes) is 2. The van der Waals surface area contributed by atoms with Gasteiger partial charge in [-0.2, -0.15) is 5.26 Å². The Balaban J connectivity index is 1.79. The van der Waals surface area contributed by atoms with E-state index in [0.29, 0.717) is 42.9 Å². The zero-order valence-electron chi connectivity index (χ0n) is 18.9. The van der Waals surface area contributed by atoms with Gasteiger partial charge in [0, 0.05) is 6.42 Å². The molecule has 1 N–H and O–H groups in total. The number of anilines is 1. The number of carbonyl (C=O) groups is 1. The molecule has 0 aliphatic rings. The van der Waals surface area contributed by atoms with Crippen molar-refractivity contribution in [2.75, 3.05) is 18.4 Å². The quantitative estimate of drug-likeness (QED) is 0.302. The van der Waals surface area contributed by atoms with Gasteiger partial charge in [-0.25, -0.2) is 8.42 Å². The molecule has 34 heavy (non-hydrogen) atoms. The fourth-order valence-corrected chi connectivity index (χ4v) is 4.37. The molecule has 0 heterocycles. The first-order chi connectivity index (χ1) is 16.4. The van der Waals surface area contributed by atoms with Crippen LogP contribution in [0.4, 0.5) is 5.69 Å². The van der Waals surface area contributed by atoms with Crippen molar-refractivity contribution in [2.24, 2.45) is 0 Å². The minimum absolute atomic E-state index is 0.146. The third-order valence-electron chi connectivity index (χ3n) is 5.14. The van der Waals surface area contributed by atoms with E-state index in [1.54, 1.807) is 42.5 Å². The normalized spacial score (nSPS) is 10.8. The molecule has 3 aromatic rings. The molecule has 0 aromatic heterocycles. The molecule has 3 rings (SSSR count). The smallest absolute Gasteiger partial charge is 0.305 e. The van der Waals surface area contributed by atoms with Gasteiger partial charge in [-0.05, 0) is 66.8 Å². The molecule has 0 atom stereocenters. The van der Waals surface area contributed by atoms with Gasteiger partial charge in [-0.15, -0.1) is 0 Å². The number of benzene rings is 3. The van der Waals surface area contributed by atoms with Crippen LogP contribution in [0.3, 0.4) is 0 Å². The van der Waals surface area contributed by atoms with Gasteiger partial charge in [0.25, 0.3) is 10.0 Å². The molecule has 0 bridgehead atoms. The lowest BCUT2D eigenvalue weighted by molar-refractivity contribution is -0.140. The van der Waals surface area contributed by atoms with Crippen LogP contribution in [0.5, 0.6) is 5.75 Å². The van der Waals surface area contributed by atoms with Crippen LogP contribution in [-0.2, 0) is 19.6 Å². The number of nitrogens with one attached hydrogen (secondary N) is 1. The number of hydrogen-bond acceptors (Lipinski definition) is 6. The Bertz CT molecular complexity index is 1250. The molecule has 0 aliphatic heterocycles. The molecule has 0 saturated carbocycles. The van der Waals surface area contributed by atoms with E-state index in [1.807, 2.05) is 18.2 Å². The van der Waals surface area contributed by atoms with E-state index in [1.165, 1.54) is 19.2 Å². The van der Waals surface area contributed by atoms with Crippen molar-refractivity contribution in [3.8, 4) is 22.9 Å². The lowest BCUT2D eigenvalue weighted by Crippen LogP contribution is -2.14. The van der Waals surface area contributed by atoms with Gasteiger partial charge < -0.3 is 9.47 Å². The summed E-state index contributed by atoms with van der Waals surface area (Å²) in [6.45, 7) is 0.372. The molecule has 0 fully saturated rings. The van der Waals surface area contributed by atoms with Gasteiger partial charge in [-0.1, -0.05) is 36.4 Å². The average Bonchev–Trinajstić information content (AvgIpc) is 2.87. The lowest BCUT2D eigenvalue weighted by Gasteiger charge is -2.15. The molecular weight excluding hydrogens is 452 g/mol. The molecule has 0 saturated heterocycles. The second-order valence-electron chi connectivity index (χ2n) is 7.55. The maximum Gasteiger partial charge on any atom is 0.305 e. The molecule has 0 spiro atoms. The average molecular weight is 479 g/mol. The maximum atomic E-state index is 12.9. The standard InChI is InChI=1S/C26H26N2O5S/c1-32-26(29)10-6-3-7-17-33-25-16-15-22(21-13-11-20(19-27)12-14-21)18-24(25)28-34(30,31)23-8-4-2-5-9-23/h2,4-5,8-9,11-16,18,28H,3,6-7,10,17H2,1H3. The number of methoxy groups -OCH3 is 1. The highest BCUT2D eigenvalue weighted by Gasteiger charge is 2.17. The second kappa shape index (κ2) is 11.9. The van der Waals surface area contributed by atoms with Crippen molar-refractivity contribution >= 4 is 21.7 Å². The summed E-state index contributed by atoms with van der Waals surface area (Å²) in [6, 6.07) is 22.5. The van der Waals surface area contributed by atoms with Gasteiger partial charge in [0.05, 0.1) is 35.9 Å². The van der Waals surface area contributed by atoms with Gasteiger partial charge in [0.2, 0.25) is 0 Å². The van der Waals surface area contributed by atoms with E-state index in [-0.39, 0.29) is 10.9 Å². The van der Waals surface area contributed by atoms with Crippen LogP contribution < -0.4 is 9.46 Å². The summed E-state index contributed by atoms with van der Waals surface area (Å²) in [5, 5.41) is 9.03. The maximum absolute atomic E-state index is 12.9. The van der Waals surface area contributed by atoms with Crippen LogP contribution in [0.15, 0.2) is 77.7 Å². The fourth-order valence-electron chi connectivity index (χ4n) is 3.29. The first kappa shape index (κ1) is 24.8. The van der Waals surface area contributed by atoms with E-state index in [4.69, 9.17) is 10.00 Å². The topological polar surface area (TPSA) is 105 Å². The summed E-state index contributed by atoms with van der Waals surface area (Å²) in [5.41, 5.74) is 2.48. The summed E-state index contributed by atoms with van der Waals surface area (Å²) < 4.78 is 39.1. The van der Waals surface area contributed by atoms with E-state index in [0.717, 1.165) is 17.5 Å². The summed E-state index contributed by atoms with van der Waals surface area (Å²) in [7, 11) is -2.46. The summed E-state index contributed by atoms with van der Waals surface area (Å²) in [6.07, 6.45) is 2.54. The number of nitrogens with zero attached hydrogens (tertiary/aromatic N) is 1. The number of nitriles is 1. The number of esters is 1. The molecule has 0 radical (unpaired) electrons. The van der Waals surface area contributed by atoms with Crippen molar-refractivity contribution in [1.82, 2.24) is 0 Å². The lowest BCUT2D eigenvalue weighted by atomic mass is 10.0. The summed E-state index contributed by atoms with van der Waals surface area (Å²) in [5.74, 6) is 0.168. The summed E-state index contributed by atoms with van der Waals surface area (Å²) >= 11 is 0. The predicted octanol–water partition coefficient (Wildman–Crippen LogP) is 5.14. The zero-order chi connectivity index (χ0) is 24.4. The highest BCUT2D eigenvalue weighted by Crippen LogP contribution is 2.33.